The van der Waals surface area contributed by atoms with E-state index >= 15 is 0 Å². The maximum atomic E-state index is 13.0. The third-order valence-corrected chi connectivity index (χ3v) is 3.42. The van der Waals surface area contributed by atoms with Crippen LogP contribution in [0.5, 0.6) is 5.75 Å². The van der Waals surface area contributed by atoms with Gasteiger partial charge in [-0.2, -0.15) is 13.2 Å². The summed E-state index contributed by atoms with van der Waals surface area (Å²) < 4.78 is 48.6. The van der Waals surface area contributed by atoms with Crippen LogP contribution < -0.4 is 10.1 Å². The Morgan fingerprint density at radius 3 is 2.54 bits per heavy atom. The van der Waals surface area contributed by atoms with Gasteiger partial charge in [-0.3, -0.25) is 0 Å². The Labute approximate surface area is 149 Å². The van der Waals surface area contributed by atoms with E-state index in [4.69, 9.17) is 9.47 Å². The van der Waals surface area contributed by atoms with E-state index in [9.17, 15) is 18.0 Å². The van der Waals surface area contributed by atoms with Gasteiger partial charge in [0.05, 0.1) is 12.7 Å². The van der Waals surface area contributed by atoms with Crippen LogP contribution in [0.3, 0.4) is 0 Å². The Kier molecular flexibility index (Phi) is 6.66. The van der Waals surface area contributed by atoms with Crippen LogP contribution in [-0.4, -0.2) is 19.7 Å². The van der Waals surface area contributed by atoms with Crippen LogP contribution in [0.4, 0.5) is 18.0 Å². The Bertz CT molecular complexity index is 758. The smallest absolute Gasteiger partial charge is 0.419 e. The fourth-order valence-electron chi connectivity index (χ4n) is 2.16. The van der Waals surface area contributed by atoms with E-state index in [0.717, 1.165) is 11.6 Å². The Morgan fingerprint density at radius 1 is 1.15 bits per heavy atom. The summed E-state index contributed by atoms with van der Waals surface area (Å²) in [5, 5.41) is 2.50. The van der Waals surface area contributed by atoms with Crippen molar-refractivity contribution in [2.75, 3.05) is 13.7 Å². The van der Waals surface area contributed by atoms with Gasteiger partial charge in [0.2, 0.25) is 0 Å². The summed E-state index contributed by atoms with van der Waals surface area (Å²) in [4.78, 5) is 11.6. The first-order chi connectivity index (χ1) is 12.4. The fourth-order valence-corrected chi connectivity index (χ4v) is 2.16. The molecule has 0 fully saturated rings. The van der Waals surface area contributed by atoms with Crippen molar-refractivity contribution in [3.63, 3.8) is 0 Å². The van der Waals surface area contributed by atoms with Crippen molar-refractivity contribution in [3.05, 3.63) is 71.3 Å². The number of ether oxygens (including phenoxy) is 2. The zero-order valence-corrected chi connectivity index (χ0v) is 14.0. The van der Waals surface area contributed by atoms with Crippen molar-refractivity contribution < 1.29 is 27.4 Å². The maximum absolute atomic E-state index is 13.0. The predicted molar refractivity (Wildman–Crippen MR) is 91.7 cm³/mol. The van der Waals surface area contributed by atoms with Crippen molar-refractivity contribution in [1.82, 2.24) is 5.32 Å². The molecule has 26 heavy (non-hydrogen) atoms. The van der Waals surface area contributed by atoms with E-state index in [1.165, 1.54) is 31.4 Å². The lowest BCUT2D eigenvalue weighted by Gasteiger charge is -2.12. The van der Waals surface area contributed by atoms with E-state index in [1.807, 2.05) is 30.3 Å². The van der Waals surface area contributed by atoms with Crippen LogP contribution in [-0.2, 0) is 17.5 Å². The number of carbonyl (C=O) groups is 1. The second kappa shape index (κ2) is 8.94. The van der Waals surface area contributed by atoms with E-state index < -0.39 is 17.8 Å². The van der Waals surface area contributed by atoms with Crippen LogP contribution in [0.1, 0.15) is 16.7 Å². The monoisotopic (exact) mass is 365 g/mol. The zero-order valence-electron chi connectivity index (χ0n) is 14.0. The highest BCUT2D eigenvalue weighted by Gasteiger charge is 2.34. The number of methoxy groups -OCH3 is 1. The summed E-state index contributed by atoms with van der Waals surface area (Å²) in [6, 6.07) is 12.9. The standard InChI is InChI=1S/C19H18F3NO3/c1-25-17-10-9-14(12-16(17)19(20,21)22)8-5-11-23-18(24)26-13-15-6-3-2-4-7-15/h2-10,12H,11,13H2,1H3,(H,23,24). The largest absolute Gasteiger partial charge is 0.496 e. The van der Waals surface area contributed by atoms with Gasteiger partial charge in [0, 0.05) is 6.54 Å². The second-order valence-corrected chi connectivity index (χ2v) is 5.30. The Balaban J connectivity index is 1.85. The van der Waals surface area contributed by atoms with Crippen molar-refractivity contribution in [2.24, 2.45) is 0 Å². The van der Waals surface area contributed by atoms with Crippen LogP contribution in [0.25, 0.3) is 6.08 Å². The fraction of sp³-hybridized carbons (Fsp3) is 0.211. The first-order valence-electron chi connectivity index (χ1n) is 7.76. The maximum Gasteiger partial charge on any atom is 0.419 e. The first-order valence-corrected chi connectivity index (χ1v) is 7.76. The quantitative estimate of drug-likeness (QED) is 0.810. The number of hydrogen-bond donors (Lipinski definition) is 1. The van der Waals surface area contributed by atoms with Gasteiger partial charge in [0.15, 0.2) is 0 Å². The van der Waals surface area contributed by atoms with E-state index in [-0.39, 0.29) is 18.9 Å². The number of alkyl carbamates (subject to hydrolysis) is 1. The summed E-state index contributed by atoms with van der Waals surface area (Å²) in [5.74, 6) is -0.239. The summed E-state index contributed by atoms with van der Waals surface area (Å²) in [7, 11) is 1.19. The lowest BCUT2D eigenvalue weighted by molar-refractivity contribution is -0.138. The van der Waals surface area contributed by atoms with Gasteiger partial charge >= 0.3 is 12.3 Å². The zero-order chi connectivity index (χ0) is 19.0. The molecule has 1 N–H and O–H groups in total. The normalized spacial score (nSPS) is 11.4. The van der Waals surface area contributed by atoms with Crippen LogP contribution in [0, 0.1) is 0 Å². The molecule has 0 spiro atoms. The lowest BCUT2D eigenvalue weighted by atomic mass is 10.1. The van der Waals surface area contributed by atoms with Gasteiger partial charge in [-0.25, -0.2) is 4.79 Å². The van der Waals surface area contributed by atoms with Crippen molar-refractivity contribution in [2.45, 2.75) is 12.8 Å². The molecule has 1 amide bonds. The minimum atomic E-state index is -4.51. The molecular weight excluding hydrogens is 347 g/mol. The average Bonchev–Trinajstić information content (AvgIpc) is 2.63. The number of alkyl halides is 3. The molecular formula is C19H18F3NO3. The topological polar surface area (TPSA) is 47.6 Å². The predicted octanol–water partition coefficient (Wildman–Crippen LogP) is 4.65. The van der Waals surface area contributed by atoms with Gasteiger partial charge in [-0.15, -0.1) is 0 Å². The highest BCUT2D eigenvalue weighted by Crippen LogP contribution is 2.36. The van der Waals surface area contributed by atoms with Crippen molar-refractivity contribution in [1.29, 1.82) is 0 Å². The lowest BCUT2D eigenvalue weighted by Crippen LogP contribution is -2.24. The van der Waals surface area contributed by atoms with E-state index in [1.54, 1.807) is 0 Å². The summed E-state index contributed by atoms with van der Waals surface area (Å²) in [6.45, 7) is 0.269. The minimum Gasteiger partial charge on any atom is -0.496 e. The van der Waals surface area contributed by atoms with E-state index in [0.29, 0.717) is 5.56 Å². The molecule has 2 rings (SSSR count). The molecule has 0 aromatic heterocycles. The number of carbonyl (C=O) groups excluding carboxylic acids is 1. The molecule has 0 aliphatic heterocycles. The highest BCUT2D eigenvalue weighted by atomic mass is 19.4. The summed E-state index contributed by atoms with van der Waals surface area (Å²) in [6.07, 6.45) is -2.10. The molecule has 0 bridgehead atoms. The Morgan fingerprint density at radius 2 is 1.88 bits per heavy atom. The van der Waals surface area contributed by atoms with Crippen molar-refractivity contribution >= 4 is 12.2 Å². The molecule has 7 heteroatoms. The molecule has 138 valence electrons. The van der Waals surface area contributed by atoms with Crippen molar-refractivity contribution in [3.8, 4) is 5.75 Å². The molecule has 0 aliphatic rings. The number of amides is 1. The minimum absolute atomic E-state index is 0.126. The van der Waals surface area contributed by atoms with Crippen LogP contribution in [0.2, 0.25) is 0 Å². The number of halogens is 3. The van der Waals surface area contributed by atoms with Gasteiger partial charge < -0.3 is 14.8 Å². The molecule has 0 aliphatic carbocycles. The molecule has 0 radical (unpaired) electrons. The third-order valence-electron chi connectivity index (χ3n) is 3.42. The van der Waals surface area contributed by atoms with Gasteiger partial charge in [0.25, 0.3) is 0 Å². The second-order valence-electron chi connectivity index (χ2n) is 5.30. The number of rotatable bonds is 6. The number of nitrogens with one attached hydrogen (secondary N) is 1. The van der Waals surface area contributed by atoms with E-state index in [2.05, 4.69) is 5.32 Å². The molecule has 4 nitrogen and oxygen atoms in total. The molecule has 2 aromatic rings. The summed E-state index contributed by atoms with van der Waals surface area (Å²) >= 11 is 0. The van der Waals surface area contributed by atoms with Crippen LogP contribution >= 0.6 is 0 Å². The summed E-state index contributed by atoms with van der Waals surface area (Å²) in [5.41, 5.74) is 0.353. The number of benzene rings is 2. The third kappa shape index (κ3) is 5.84. The van der Waals surface area contributed by atoms with Gasteiger partial charge in [-0.05, 0) is 23.3 Å². The first kappa shape index (κ1) is 19.4. The van der Waals surface area contributed by atoms with Gasteiger partial charge in [0.1, 0.15) is 12.4 Å². The molecule has 0 saturated heterocycles. The molecule has 0 heterocycles. The SMILES string of the molecule is COc1ccc(C=CCNC(=O)OCc2ccccc2)cc1C(F)(F)F. The number of hydrogen-bond acceptors (Lipinski definition) is 3. The highest BCUT2D eigenvalue weighted by molar-refractivity contribution is 5.67. The Hall–Kier alpha value is -2.96. The molecule has 2 aromatic carbocycles. The molecule has 0 saturated carbocycles. The van der Waals surface area contributed by atoms with Gasteiger partial charge in [-0.1, -0.05) is 48.6 Å². The average molecular weight is 365 g/mol. The van der Waals surface area contributed by atoms with Crippen LogP contribution in [0.15, 0.2) is 54.6 Å². The molecule has 0 atom stereocenters. The molecule has 0 unspecified atom stereocenters.